The molecule has 1 aromatic heterocycles. The summed E-state index contributed by atoms with van der Waals surface area (Å²) in [4.78, 5) is 7.78. The van der Waals surface area contributed by atoms with Gasteiger partial charge in [0.2, 0.25) is 0 Å². The molecular formula is C18H30N2O2S. The molecule has 23 heavy (non-hydrogen) atoms. The maximum atomic E-state index is 5.72. The predicted molar refractivity (Wildman–Crippen MR) is 95.7 cm³/mol. The Labute approximate surface area is 144 Å². The Hall–Kier alpha value is -0.780. The van der Waals surface area contributed by atoms with Crippen molar-refractivity contribution in [1.82, 2.24) is 9.80 Å². The Morgan fingerprint density at radius 2 is 1.09 bits per heavy atom. The van der Waals surface area contributed by atoms with Gasteiger partial charge in [0.1, 0.15) is 0 Å². The van der Waals surface area contributed by atoms with Gasteiger partial charge in [0.15, 0.2) is 11.5 Å². The average Bonchev–Trinajstić information content (AvgIpc) is 2.92. The molecule has 0 bridgehead atoms. The van der Waals surface area contributed by atoms with Crippen LogP contribution in [0.2, 0.25) is 0 Å². The van der Waals surface area contributed by atoms with Crippen molar-refractivity contribution in [3.05, 3.63) is 9.75 Å². The SMILES string of the molecule is COc1c(CN2CCCCC2)sc(CN2CCCCC2)c1OC. The number of nitrogens with zero attached hydrogens (tertiary/aromatic N) is 2. The molecule has 130 valence electrons. The third-order valence-corrected chi connectivity index (χ3v) is 6.12. The van der Waals surface area contributed by atoms with E-state index in [2.05, 4.69) is 9.80 Å². The highest BCUT2D eigenvalue weighted by Crippen LogP contribution is 2.43. The van der Waals surface area contributed by atoms with Crippen molar-refractivity contribution in [3.63, 3.8) is 0 Å². The van der Waals surface area contributed by atoms with E-state index in [1.807, 2.05) is 11.3 Å². The second-order valence-electron chi connectivity index (χ2n) is 6.69. The fourth-order valence-corrected chi connectivity index (χ4v) is 5.09. The summed E-state index contributed by atoms with van der Waals surface area (Å²) in [5.41, 5.74) is 0. The summed E-state index contributed by atoms with van der Waals surface area (Å²) in [6, 6.07) is 0. The average molecular weight is 339 g/mol. The number of ether oxygens (including phenoxy) is 2. The number of likely N-dealkylation sites (tertiary alicyclic amines) is 2. The van der Waals surface area contributed by atoms with Crippen molar-refractivity contribution in [2.24, 2.45) is 0 Å². The van der Waals surface area contributed by atoms with Crippen LogP contribution in [0.25, 0.3) is 0 Å². The van der Waals surface area contributed by atoms with Crippen LogP contribution in [0.1, 0.15) is 48.3 Å². The lowest BCUT2D eigenvalue weighted by molar-refractivity contribution is 0.218. The molecular weight excluding hydrogens is 308 g/mol. The molecule has 0 radical (unpaired) electrons. The number of rotatable bonds is 6. The minimum absolute atomic E-state index is 0.968. The first kappa shape index (κ1) is 17.1. The van der Waals surface area contributed by atoms with E-state index >= 15 is 0 Å². The molecule has 0 unspecified atom stereocenters. The molecule has 0 saturated carbocycles. The lowest BCUT2D eigenvalue weighted by Crippen LogP contribution is -2.29. The van der Waals surface area contributed by atoms with Gasteiger partial charge in [0.25, 0.3) is 0 Å². The maximum absolute atomic E-state index is 5.72. The quantitative estimate of drug-likeness (QED) is 0.789. The zero-order valence-electron chi connectivity index (χ0n) is 14.6. The van der Waals surface area contributed by atoms with Crippen LogP contribution in [-0.4, -0.2) is 50.2 Å². The molecule has 0 amide bonds. The molecule has 5 heteroatoms. The second-order valence-corrected chi connectivity index (χ2v) is 7.88. The van der Waals surface area contributed by atoms with Gasteiger partial charge in [-0.1, -0.05) is 12.8 Å². The topological polar surface area (TPSA) is 24.9 Å². The zero-order chi connectivity index (χ0) is 16.1. The molecule has 2 saturated heterocycles. The number of hydrogen-bond acceptors (Lipinski definition) is 5. The van der Waals surface area contributed by atoms with Crippen molar-refractivity contribution in [1.29, 1.82) is 0 Å². The molecule has 4 nitrogen and oxygen atoms in total. The molecule has 2 aliphatic rings. The number of piperidine rings is 2. The molecule has 2 aliphatic heterocycles. The first-order valence-electron chi connectivity index (χ1n) is 8.99. The van der Waals surface area contributed by atoms with Gasteiger partial charge in [-0.05, 0) is 51.9 Å². The summed E-state index contributed by atoms with van der Waals surface area (Å²) in [6.45, 7) is 6.86. The molecule has 0 atom stereocenters. The van der Waals surface area contributed by atoms with Crippen LogP contribution in [0.5, 0.6) is 11.5 Å². The zero-order valence-corrected chi connectivity index (χ0v) is 15.4. The van der Waals surface area contributed by atoms with Gasteiger partial charge in [-0.25, -0.2) is 0 Å². The second kappa shape index (κ2) is 8.36. The van der Waals surface area contributed by atoms with E-state index in [0.717, 1.165) is 24.6 Å². The van der Waals surface area contributed by atoms with E-state index in [1.165, 1.54) is 74.5 Å². The maximum Gasteiger partial charge on any atom is 0.176 e. The van der Waals surface area contributed by atoms with Crippen LogP contribution < -0.4 is 9.47 Å². The molecule has 2 fully saturated rings. The molecule has 3 heterocycles. The fourth-order valence-electron chi connectivity index (χ4n) is 3.76. The smallest absolute Gasteiger partial charge is 0.176 e. The summed E-state index contributed by atoms with van der Waals surface area (Å²) in [7, 11) is 3.55. The van der Waals surface area contributed by atoms with Gasteiger partial charge in [-0.2, -0.15) is 0 Å². The monoisotopic (exact) mass is 338 g/mol. The Balaban J connectivity index is 1.75. The minimum atomic E-state index is 0.968. The van der Waals surface area contributed by atoms with Crippen LogP contribution in [0.3, 0.4) is 0 Å². The van der Waals surface area contributed by atoms with Gasteiger partial charge in [0, 0.05) is 13.1 Å². The highest BCUT2D eigenvalue weighted by Gasteiger charge is 2.24. The van der Waals surface area contributed by atoms with E-state index in [1.54, 1.807) is 14.2 Å². The van der Waals surface area contributed by atoms with E-state index in [9.17, 15) is 0 Å². The molecule has 0 N–H and O–H groups in total. The van der Waals surface area contributed by atoms with Gasteiger partial charge >= 0.3 is 0 Å². The van der Waals surface area contributed by atoms with Gasteiger partial charge in [-0.15, -0.1) is 11.3 Å². The Morgan fingerprint density at radius 3 is 1.43 bits per heavy atom. The largest absolute Gasteiger partial charge is 0.492 e. The predicted octanol–water partition coefficient (Wildman–Crippen LogP) is 3.74. The molecule has 1 aromatic rings. The van der Waals surface area contributed by atoms with E-state index < -0.39 is 0 Å². The lowest BCUT2D eigenvalue weighted by Gasteiger charge is -2.26. The van der Waals surface area contributed by atoms with Crippen LogP contribution in [0, 0.1) is 0 Å². The van der Waals surface area contributed by atoms with E-state index in [-0.39, 0.29) is 0 Å². The van der Waals surface area contributed by atoms with Crippen LogP contribution in [0.4, 0.5) is 0 Å². The van der Waals surface area contributed by atoms with E-state index in [0.29, 0.717) is 0 Å². The summed E-state index contributed by atoms with van der Waals surface area (Å²) in [6.07, 6.45) is 8.05. The van der Waals surface area contributed by atoms with E-state index in [4.69, 9.17) is 9.47 Å². The van der Waals surface area contributed by atoms with Crippen molar-refractivity contribution in [2.45, 2.75) is 51.6 Å². The minimum Gasteiger partial charge on any atom is -0.492 e. The Bertz CT molecular complexity index is 449. The summed E-state index contributed by atoms with van der Waals surface area (Å²) in [5.74, 6) is 1.94. The fraction of sp³-hybridized carbons (Fsp3) is 0.778. The van der Waals surface area contributed by atoms with Gasteiger partial charge < -0.3 is 9.47 Å². The Morgan fingerprint density at radius 1 is 0.696 bits per heavy atom. The van der Waals surface area contributed by atoms with Crippen molar-refractivity contribution in [3.8, 4) is 11.5 Å². The highest BCUT2D eigenvalue weighted by atomic mass is 32.1. The molecule has 0 spiro atoms. The lowest BCUT2D eigenvalue weighted by atomic mass is 10.1. The summed E-state index contributed by atoms with van der Waals surface area (Å²) >= 11 is 1.89. The first-order chi connectivity index (χ1) is 11.3. The van der Waals surface area contributed by atoms with Gasteiger partial charge in [0.05, 0.1) is 24.0 Å². The van der Waals surface area contributed by atoms with Crippen molar-refractivity contribution in [2.75, 3.05) is 40.4 Å². The van der Waals surface area contributed by atoms with Crippen LogP contribution >= 0.6 is 11.3 Å². The highest BCUT2D eigenvalue weighted by molar-refractivity contribution is 7.12. The number of methoxy groups -OCH3 is 2. The van der Waals surface area contributed by atoms with Gasteiger partial charge in [-0.3, -0.25) is 9.80 Å². The summed E-state index contributed by atoms with van der Waals surface area (Å²) < 4.78 is 11.4. The Kier molecular flexibility index (Phi) is 6.20. The third kappa shape index (κ3) is 4.20. The number of hydrogen-bond donors (Lipinski definition) is 0. The first-order valence-corrected chi connectivity index (χ1v) is 9.80. The normalized spacial score (nSPS) is 20.6. The van der Waals surface area contributed by atoms with Crippen molar-refractivity contribution >= 4 is 11.3 Å². The van der Waals surface area contributed by atoms with Crippen LogP contribution in [-0.2, 0) is 13.1 Å². The molecule has 3 rings (SSSR count). The molecule has 0 aliphatic carbocycles. The summed E-state index contributed by atoms with van der Waals surface area (Å²) in [5, 5.41) is 0. The number of thiophene rings is 1. The third-order valence-electron chi connectivity index (χ3n) is 5.00. The molecule has 0 aromatic carbocycles. The van der Waals surface area contributed by atoms with Crippen LogP contribution in [0.15, 0.2) is 0 Å². The standard InChI is InChI=1S/C18H30N2O2S/c1-21-17-15(13-19-9-5-3-6-10-19)23-16(18(17)22-2)14-20-11-7-4-8-12-20/h3-14H2,1-2H3. The van der Waals surface area contributed by atoms with Crippen molar-refractivity contribution < 1.29 is 9.47 Å².